The molecule has 0 N–H and O–H groups in total. The van der Waals surface area contributed by atoms with E-state index in [4.69, 9.17) is 4.74 Å². The fourth-order valence-corrected chi connectivity index (χ4v) is 3.80. The van der Waals surface area contributed by atoms with Crippen LogP contribution in [0.25, 0.3) is 0 Å². The number of ether oxygens (including phenoxy) is 1. The van der Waals surface area contributed by atoms with Gasteiger partial charge in [-0.1, -0.05) is 13.8 Å². The lowest BCUT2D eigenvalue weighted by molar-refractivity contribution is -0.149. The van der Waals surface area contributed by atoms with Crippen molar-refractivity contribution in [1.82, 2.24) is 0 Å². The quantitative estimate of drug-likeness (QED) is 0.690. The summed E-state index contributed by atoms with van der Waals surface area (Å²) in [6, 6.07) is 0. The minimum absolute atomic E-state index is 0.0351. The molecule has 2 rings (SSSR count). The number of fused-ring (bicyclic) bond motifs is 2. The zero-order valence-electron chi connectivity index (χ0n) is 10.3. The van der Waals surface area contributed by atoms with E-state index in [0.717, 1.165) is 0 Å². The van der Waals surface area contributed by atoms with Gasteiger partial charge in [0.25, 0.3) is 0 Å². The highest BCUT2D eigenvalue weighted by Crippen LogP contribution is 2.59. The topological polar surface area (TPSA) is 43.4 Å². The molecule has 2 aliphatic carbocycles. The summed E-state index contributed by atoms with van der Waals surface area (Å²) in [6.07, 6.45) is 3.61. The van der Waals surface area contributed by atoms with Crippen molar-refractivity contribution in [3.8, 4) is 0 Å². The number of hydrogen-bond acceptors (Lipinski definition) is 3. The molecule has 2 saturated carbocycles. The first-order chi connectivity index (χ1) is 7.43. The van der Waals surface area contributed by atoms with Crippen molar-refractivity contribution in [3.63, 3.8) is 0 Å². The van der Waals surface area contributed by atoms with Crippen molar-refractivity contribution in [2.24, 2.45) is 23.2 Å². The Balaban J connectivity index is 2.03. The van der Waals surface area contributed by atoms with Crippen LogP contribution in [0.3, 0.4) is 0 Å². The van der Waals surface area contributed by atoms with Crippen LogP contribution in [0.4, 0.5) is 0 Å². The molecule has 0 unspecified atom stereocenters. The summed E-state index contributed by atoms with van der Waals surface area (Å²) in [4.78, 5) is 22.8. The Labute approximate surface area is 96.5 Å². The van der Waals surface area contributed by atoms with E-state index in [1.807, 2.05) is 0 Å². The number of carbonyl (C=O) groups is 2. The average Bonchev–Trinajstić information content (AvgIpc) is 2.71. The highest BCUT2D eigenvalue weighted by Gasteiger charge is 2.55. The van der Waals surface area contributed by atoms with E-state index in [9.17, 15) is 9.59 Å². The van der Waals surface area contributed by atoms with E-state index < -0.39 is 0 Å². The first-order valence-electron chi connectivity index (χ1n) is 6.09. The average molecular weight is 224 g/mol. The van der Waals surface area contributed by atoms with Crippen LogP contribution in [-0.2, 0) is 14.3 Å². The normalized spacial score (nSPS) is 35.1. The van der Waals surface area contributed by atoms with Crippen molar-refractivity contribution >= 4 is 11.8 Å². The summed E-state index contributed by atoms with van der Waals surface area (Å²) in [5, 5.41) is 0. The van der Waals surface area contributed by atoms with E-state index >= 15 is 0 Å². The van der Waals surface area contributed by atoms with Crippen molar-refractivity contribution in [2.45, 2.75) is 40.0 Å². The molecule has 90 valence electrons. The van der Waals surface area contributed by atoms with Crippen LogP contribution in [0.15, 0.2) is 0 Å². The van der Waals surface area contributed by atoms with Gasteiger partial charge in [0.2, 0.25) is 0 Å². The van der Waals surface area contributed by atoms with Gasteiger partial charge in [-0.05, 0) is 36.5 Å². The largest absolute Gasteiger partial charge is 0.458 e. The summed E-state index contributed by atoms with van der Waals surface area (Å²) in [7, 11) is 0. The smallest absolute Gasteiger partial charge is 0.303 e. The summed E-state index contributed by atoms with van der Waals surface area (Å²) < 4.78 is 4.83. The molecule has 3 heteroatoms. The molecule has 0 saturated heterocycles. The number of Topliss-reactive ketones (excluding diaryl/α,β-unsaturated/α-hetero) is 1. The maximum Gasteiger partial charge on any atom is 0.303 e. The van der Waals surface area contributed by atoms with Crippen molar-refractivity contribution in [3.05, 3.63) is 0 Å². The second kappa shape index (κ2) is 3.86. The predicted molar refractivity (Wildman–Crippen MR) is 59.7 cm³/mol. The standard InChI is InChI=1S/C13H20O3/c1-8(14)16-7-11(15)12-9-4-5-10(6-9)13(12,2)3/h9-10,12H,4-7H2,1-3H3/t9-,10-,12+/m0/s1. The molecule has 2 aliphatic rings. The molecule has 0 amide bonds. The van der Waals surface area contributed by atoms with Gasteiger partial charge >= 0.3 is 5.97 Å². The highest BCUT2D eigenvalue weighted by atomic mass is 16.5. The molecule has 3 nitrogen and oxygen atoms in total. The van der Waals surface area contributed by atoms with Crippen molar-refractivity contribution in [1.29, 1.82) is 0 Å². The zero-order chi connectivity index (χ0) is 11.9. The molecule has 2 bridgehead atoms. The van der Waals surface area contributed by atoms with E-state index in [1.54, 1.807) is 0 Å². The minimum Gasteiger partial charge on any atom is -0.458 e. The number of hydrogen-bond donors (Lipinski definition) is 0. The second-order valence-electron chi connectivity index (χ2n) is 5.82. The van der Waals surface area contributed by atoms with E-state index in [-0.39, 0.29) is 29.7 Å². The van der Waals surface area contributed by atoms with Gasteiger partial charge in [0.1, 0.15) is 6.61 Å². The Bertz CT molecular complexity index is 319. The number of esters is 1. The molecule has 3 atom stereocenters. The Morgan fingerprint density at radius 3 is 2.50 bits per heavy atom. The second-order valence-corrected chi connectivity index (χ2v) is 5.82. The molecule has 0 aliphatic heterocycles. The summed E-state index contributed by atoms with van der Waals surface area (Å²) in [5.41, 5.74) is 0.0974. The molecule has 2 fully saturated rings. The molecule has 0 aromatic heterocycles. The van der Waals surface area contributed by atoms with Gasteiger partial charge in [0.05, 0.1) is 0 Å². The van der Waals surface area contributed by atoms with Crippen LogP contribution in [0, 0.1) is 23.2 Å². The lowest BCUT2D eigenvalue weighted by atomic mass is 9.67. The highest BCUT2D eigenvalue weighted by molar-refractivity contribution is 5.85. The fraction of sp³-hybridized carbons (Fsp3) is 0.846. The van der Waals surface area contributed by atoms with Crippen molar-refractivity contribution in [2.75, 3.05) is 6.61 Å². The summed E-state index contributed by atoms with van der Waals surface area (Å²) >= 11 is 0. The number of rotatable bonds is 3. The lowest BCUT2D eigenvalue weighted by Crippen LogP contribution is -2.38. The van der Waals surface area contributed by atoms with Crippen LogP contribution in [0.2, 0.25) is 0 Å². The van der Waals surface area contributed by atoms with Crippen LogP contribution in [0.1, 0.15) is 40.0 Å². The molecular weight excluding hydrogens is 204 g/mol. The van der Waals surface area contributed by atoms with Gasteiger partial charge in [0, 0.05) is 12.8 Å². The van der Waals surface area contributed by atoms with Crippen LogP contribution >= 0.6 is 0 Å². The molecule has 0 aromatic carbocycles. The van der Waals surface area contributed by atoms with Gasteiger partial charge in [0.15, 0.2) is 5.78 Å². The van der Waals surface area contributed by atoms with E-state index in [2.05, 4.69) is 13.8 Å². The minimum atomic E-state index is -0.366. The van der Waals surface area contributed by atoms with Crippen LogP contribution in [-0.4, -0.2) is 18.4 Å². The molecular formula is C13H20O3. The molecule has 16 heavy (non-hydrogen) atoms. The molecule has 0 spiro atoms. The zero-order valence-corrected chi connectivity index (χ0v) is 10.3. The van der Waals surface area contributed by atoms with Gasteiger partial charge in [-0.3, -0.25) is 9.59 Å². The summed E-state index contributed by atoms with van der Waals surface area (Å²) in [5.74, 6) is 1.07. The van der Waals surface area contributed by atoms with Gasteiger partial charge < -0.3 is 4.74 Å². The van der Waals surface area contributed by atoms with Crippen LogP contribution in [0.5, 0.6) is 0 Å². The van der Waals surface area contributed by atoms with E-state index in [0.29, 0.717) is 11.8 Å². The lowest BCUT2D eigenvalue weighted by Gasteiger charge is -2.37. The SMILES string of the molecule is CC(=O)OCC(=O)[C@H]1[C@H]2CC[C@@H](C2)C1(C)C. The third-order valence-corrected chi connectivity index (χ3v) is 4.56. The third-order valence-electron chi connectivity index (χ3n) is 4.56. The first kappa shape index (κ1) is 11.6. The molecule has 0 aromatic rings. The maximum absolute atomic E-state index is 12.1. The number of ketones is 1. The maximum atomic E-state index is 12.1. The monoisotopic (exact) mass is 224 g/mol. The molecule has 0 heterocycles. The van der Waals surface area contributed by atoms with Gasteiger partial charge in [-0.15, -0.1) is 0 Å². The Hall–Kier alpha value is -0.860. The van der Waals surface area contributed by atoms with Gasteiger partial charge in [-0.25, -0.2) is 0 Å². The van der Waals surface area contributed by atoms with Crippen molar-refractivity contribution < 1.29 is 14.3 Å². The third kappa shape index (κ3) is 1.76. The Kier molecular flexibility index (Phi) is 2.81. The Morgan fingerprint density at radius 1 is 1.31 bits per heavy atom. The fourth-order valence-electron chi connectivity index (χ4n) is 3.80. The number of carbonyl (C=O) groups excluding carboxylic acids is 2. The molecule has 0 radical (unpaired) electrons. The van der Waals surface area contributed by atoms with Gasteiger partial charge in [-0.2, -0.15) is 0 Å². The van der Waals surface area contributed by atoms with E-state index in [1.165, 1.54) is 26.2 Å². The first-order valence-corrected chi connectivity index (χ1v) is 6.09. The van der Waals surface area contributed by atoms with Crippen LogP contribution < -0.4 is 0 Å². The predicted octanol–water partition coefficient (Wildman–Crippen LogP) is 2.19. The Morgan fingerprint density at radius 2 is 2.00 bits per heavy atom. The summed E-state index contributed by atoms with van der Waals surface area (Å²) in [6.45, 7) is 5.69.